The van der Waals surface area contributed by atoms with E-state index in [0.29, 0.717) is 43.3 Å². The third-order valence-corrected chi connectivity index (χ3v) is 28.3. The molecule has 0 atom stereocenters. The first-order valence-electron chi connectivity index (χ1n) is 56.0. The number of rotatable bonds is 44. The van der Waals surface area contributed by atoms with Gasteiger partial charge in [0, 0.05) is 147 Å². The molecule has 17 heteroatoms. The average Bonchev–Trinajstić information content (AvgIpc) is 0.819. The Morgan fingerprint density at radius 1 is 0.261 bits per heavy atom. The normalized spacial score (nSPS) is 15.1. The monoisotopic (exact) mass is 1920 g/mol. The summed E-state index contributed by atoms with van der Waals surface area (Å²) in [4.78, 5) is 26.7. The van der Waals surface area contributed by atoms with E-state index in [9.17, 15) is 0 Å². The first kappa shape index (κ1) is 128. The molecule has 790 valence electrons. The smallest absolute Gasteiger partial charge is 0.0558 e. The van der Waals surface area contributed by atoms with Gasteiger partial charge in [0.2, 0.25) is 0 Å². The summed E-state index contributed by atoms with van der Waals surface area (Å²) in [7, 11) is 2.38. The minimum atomic E-state index is 0.0694. The van der Waals surface area contributed by atoms with Crippen molar-refractivity contribution in [3.8, 4) is 0 Å². The first-order valence-corrected chi connectivity index (χ1v) is 56.0. The van der Waals surface area contributed by atoms with Gasteiger partial charge in [-0.25, -0.2) is 0 Å². The highest BCUT2D eigenvalue weighted by Gasteiger charge is 2.35. The molecule has 0 unspecified atom stereocenters. The van der Waals surface area contributed by atoms with Crippen LogP contribution in [0.4, 0.5) is 34.1 Å². The number of unbranched alkanes of at least 4 members (excludes halogenated alkanes) is 1. The van der Waals surface area contributed by atoms with Gasteiger partial charge in [-0.05, 0) is 331 Å². The number of aliphatic hydroxyl groups is 6. The third kappa shape index (κ3) is 56.0. The number of aryl methyl sites for hydroxylation is 3. The van der Waals surface area contributed by atoms with E-state index in [1.54, 1.807) is 4.90 Å². The minimum absolute atomic E-state index is 0.0694. The molecule has 6 aromatic carbocycles. The number of anilines is 6. The second-order valence-corrected chi connectivity index (χ2v) is 40.7. The van der Waals surface area contributed by atoms with E-state index in [0.717, 1.165) is 82.2 Å². The summed E-state index contributed by atoms with van der Waals surface area (Å²) in [6.45, 7) is 64.8. The van der Waals surface area contributed by atoms with Crippen molar-refractivity contribution in [3.63, 3.8) is 0 Å². The van der Waals surface area contributed by atoms with E-state index in [-0.39, 0.29) is 39.6 Å². The number of aliphatic hydroxyl groups excluding tert-OH is 6. The van der Waals surface area contributed by atoms with Gasteiger partial charge in [-0.15, -0.1) is 0 Å². The highest BCUT2D eigenvalue weighted by Crippen LogP contribution is 2.39. The van der Waals surface area contributed by atoms with Gasteiger partial charge in [-0.2, -0.15) is 0 Å². The van der Waals surface area contributed by atoms with Crippen LogP contribution in [0.15, 0.2) is 164 Å². The Kier molecular flexibility index (Phi) is 75.9. The van der Waals surface area contributed by atoms with Crippen LogP contribution in [0.5, 0.6) is 0 Å². The molecular weight excluding hydrogens is 1700 g/mol. The molecule has 5 saturated carbocycles. The van der Waals surface area contributed by atoms with E-state index in [1.165, 1.54) is 290 Å². The quantitative estimate of drug-likeness (QED) is 0.0215. The fraction of sp³-hybridized carbons (Fsp3) is 0.702. The lowest BCUT2D eigenvalue weighted by Gasteiger charge is -2.47. The van der Waals surface area contributed by atoms with E-state index in [2.05, 4.69) is 347 Å². The van der Waals surface area contributed by atoms with Crippen LogP contribution in [-0.2, 0) is 0 Å². The van der Waals surface area contributed by atoms with Gasteiger partial charge in [0.05, 0.1) is 19.8 Å². The molecule has 0 aliphatic heterocycles. The molecular formula is C121H215N11O6. The largest absolute Gasteiger partial charge is 0.396 e. The zero-order chi connectivity index (χ0) is 102. The predicted octanol–water partition coefficient (Wildman–Crippen LogP) is 26.6. The molecule has 0 saturated heterocycles. The molecule has 11 rings (SSSR count). The summed E-state index contributed by atoms with van der Waals surface area (Å²) < 4.78 is 0. The van der Waals surface area contributed by atoms with Crippen molar-refractivity contribution < 1.29 is 30.6 Å². The maximum absolute atomic E-state index is 8.64. The van der Waals surface area contributed by atoms with Crippen LogP contribution in [0.2, 0.25) is 0 Å². The van der Waals surface area contributed by atoms with Crippen molar-refractivity contribution in [2.75, 3.05) is 168 Å². The van der Waals surface area contributed by atoms with Crippen molar-refractivity contribution in [1.82, 2.24) is 44.1 Å². The predicted molar refractivity (Wildman–Crippen MR) is 602 cm³/mol. The Labute approximate surface area is 850 Å². The SMILES string of the molecule is C1CCC(N(C2CCCCC2)C2CCCCC2)CC1.CC(C)N(C(C)C)C(C)C.CCCCN(CC)CC.CCN(CC)C(C)(C)C.CCN(CC)CCCN(CC)CC.CN(C1CCCCC1)C1CCCCC1.Cc1ccc(N(c2ccc(C)cc2)c2ccc(C)cc2)cc1.OCCCN(CCCO)CCCO.OCCN(CCO)CCO.c1ccc(N(c2ccccc2)c2ccccc2)cc1. The van der Waals surface area contributed by atoms with E-state index in [4.69, 9.17) is 30.6 Å². The van der Waals surface area contributed by atoms with Crippen LogP contribution < -0.4 is 9.80 Å². The van der Waals surface area contributed by atoms with Crippen LogP contribution in [0.25, 0.3) is 0 Å². The Morgan fingerprint density at radius 3 is 0.681 bits per heavy atom. The summed E-state index contributed by atoms with van der Waals surface area (Å²) in [5.41, 5.74) is 11.2. The second-order valence-electron chi connectivity index (χ2n) is 40.7. The zero-order valence-electron chi connectivity index (χ0n) is 93.0. The summed E-state index contributed by atoms with van der Waals surface area (Å²) >= 11 is 0. The average molecular weight is 1920 g/mol. The Balaban J connectivity index is 0.000000527. The molecule has 5 fully saturated rings. The fourth-order valence-corrected chi connectivity index (χ4v) is 20.5. The van der Waals surface area contributed by atoms with Gasteiger partial charge >= 0.3 is 0 Å². The highest BCUT2D eigenvalue weighted by molar-refractivity contribution is 5.77. The summed E-state index contributed by atoms with van der Waals surface area (Å²) in [6, 6.07) is 64.0. The van der Waals surface area contributed by atoms with Crippen molar-refractivity contribution in [3.05, 3.63) is 180 Å². The van der Waals surface area contributed by atoms with Crippen molar-refractivity contribution in [1.29, 1.82) is 0 Å². The number of benzene rings is 6. The Morgan fingerprint density at radius 2 is 0.486 bits per heavy atom. The lowest BCUT2D eigenvalue weighted by atomic mass is 9.84. The van der Waals surface area contributed by atoms with Gasteiger partial charge in [-0.1, -0.05) is 273 Å². The lowest BCUT2D eigenvalue weighted by Crippen LogP contribution is -2.51. The van der Waals surface area contributed by atoms with Crippen molar-refractivity contribution >= 4 is 34.1 Å². The molecule has 0 radical (unpaired) electrons. The Bertz CT molecular complexity index is 3280. The molecule has 5 aliphatic carbocycles. The fourth-order valence-electron chi connectivity index (χ4n) is 20.5. The van der Waals surface area contributed by atoms with Crippen LogP contribution in [0, 0.1) is 20.8 Å². The van der Waals surface area contributed by atoms with E-state index >= 15 is 0 Å². The van der Waals surface area contributed by atoms with Crippen molar-refractivity contribution in [2.24, 2.45) is 0 Å². The first-order chi connectivity index (χ1) is 66.7. The summed E-state index contributed by atoms with van der Waals surface area (Å²) in [6.07, 6.45) is 43.5. The molecule has 5 aliphatic rings. The van der Waals surface area contributed by atoms with E-state index < -0.39 is 0 Å². The molecule has 0 bridgehead atoms. The topological polar surface area (TPSA) is 157 Å². The van der Waals surface area contributed by atoms with Gasteiger partial charge in [-0.3, -0.25) is 19.6 Å². The molecule has 6 N–H and O–H groups in total. The standard InChI is InChI=1S/C21H21N.C18H33N.C18H15N.C13H25N.C11H26N2.C9H21NO3.C9H21N.2C8H19N.C6H15NO3/c1-16-4-10-19(11-5-16)22(20-12-6-17(2)7-13-20)21-14-8-18(3)9-15-21;2*1-4-10-16(11-5-1)19(17-12-6-2-7-13-17)18-14-8-3-9-15-18;1-14(12-8-4-2-5-9-12)13-10-6-3-7-11-13;1-5-12(6-2)10-9-11-13(7-3)8-4;11-7-1-4-10(5-2-8-12)6-3-9-13;1-7(2)10(8(3)4)9(5)6;1-6-9(7-2)8(3,4)5;1-4-7-8-9(5-2)6-3;8-4-1-7(2-5-9)3-6-10/h4-15H,1-3H3;16-18H,1-15H2;1-15H;12-13H,2-11H2,1H3;5-11H2,1-4H3;11-13H,1-9H2;7-9H,1-6H3;6-7H2,1-5H3;4-8H2,1-3H3;8-10H,1-6H2. The maximum atomic E-state index is 8.64. The van der Waals surface area contributed by atoms with Gasteiger partial charge < -0.3 is 64.9 Å². The minimum Gasteiger partial charge on any atom is -0.396 e. The molecule has 0 amide bonds. The van der Waals surface area contributed by atoms with Crippen LogP contribution in [0.1, 0.15) is 340 Å². The zero-order valence-corrected chi connectivity index (χ0v) is 93.0. The number of nitrogens with zero attached hydrogens (tertiary/aromatic N) is 11. The van der Waals surface area contributed by atoms with Crippen molar-refractivity contribution in [2.45, 2.75) is 398 Å². The van der Waals surface area contributed by atoms with E-state index in [1.807, 2.05) is 18.2 Å². The molecule has 138 heavy (non-hydrogen) atoms. The molecule has 0 aromatic heterocycles. The van der Waals surface area contributed by atoms with Crippen LogP contribution >= 0.6 is 0 Å². The summed E-state index contributed by atoms with van der Waals surface area (Å²) in [5.74, 6) is 0. The van der Waals surface area contributed by atoms with Gasteiger partial charge in [0.15, 0.2) is 0 Å². The molecule has 0 spiro atoms. The third-order valence-electron chi connectivity index (χ3n) is 28.3. The maximum Gasteiger partial charge on any atom is 0.0558 e. The van der Waals surface area contributed by atoms with Gasteiger partial charge in [0.25, 0.3) is 0 Å². The molecule has 0 heterocycles. The van der Waals surface area contributed by atoms with Gasteiger partial charge in [0.1, 0.15) is 0 Å². The number of para-hydroxylation sites is 3. The molecule has 6 aromatic rings. The second kappa shape index (κ2) is 81.6. The number of hydrogen-bond acceptors (Lipinski definition) is 17. The lowest BCUT2D eigenvalue weighted by molar-refractivity contribution is 0.0221. The van der Waals surface area contributed by atoms with Crippen LogP contribution in [0.3, 0.4) is 0 Å². The summed E-state index contributed by atoms with van der Waals surface area (Å²) in [5, 5.41) is 51.4. The van der Waals surface area contributed by atoms with Crippen LogP contribution in [-0.4, -0.2) is 287 Å². The highest BCUT2D eigenvalue weighted by atomic mass is 16.3. The molecule has 17 nitrogen and oxygen atoms in total. The number of hydrogen-bond donors (Lipinski definition) is 6. The Hall–Kier alpha value is -5.68.